The molecule has 0 spiro atoms. The van der Waals surface area contributed by atoms with E-state index in [1.54, 1.807) is 30.0 Å². The van der Waals surface area contributed by atoms with Gasteiger partial charge in [0.1, 0.15) is 0 Å². The van der Waals surface area contributed by atoms with Crippen molar-refractivity contribution in [1.82, 2.24) is 8.61 Å². The summed E-state index contributed by atoms with van der Waals surface area (Å²) in [5.41, 5.74) is -2.92. The average molecular weight is 596 g/mol. The highest BCUT2D eigenvalue weighted by Gasteiger charge is 2.51. The summed E-state index contributed by atoms with van der Waals surface area (Å²) in [6.45, 7) is 2.53. The number of benzene rings is 2. The summed E-state index contributed by atoms with van der Waals surface area (Å²) >= 11 is 4.27. The van der Waals surface area contributed by atoms with Gasteiger partial charge in [0.15, 0.2) is 5.60 Å². The molecule has 1 unspecified atom stereocenters. The van der Waals surface area contributed by atoms with Crippen LogP contribution in [0.2, 0.25) is 0 Å². The van der Waals surface area contributed by atoms with Crippen molar-refractivity contribution >= 4 is 38.4 Å². The summed E-state index contributed by atoms with van der Waals surface area (Å²) in [6, 6.07) is 10.8. The van der Waals surface area contributed by atoms with Crippen LogP contribution in [0.15, 0.2) is 58.3 Å². The van der Waals surface area contributed by atoms with Gasteiger partial charge in [-0.1, -0.05) is 31.2 Å². The molecule has 1 aliphatic heterocycles. The van der Waals surface area contributed by atoms with Crippen LogP contribution < -0.4 is 4.90 Å². The molecular formula is C24H32F3N3O5S3. The Morgan fingerprint density at radius 3 is 2.21 bits per heavy atom. The third-order valence-electron chi connectivity index (χ3n) is 6.65. The SMILES string of the molecule is CCCS(=O)(=O)N(C)C[C@H]1CN(S(=O)(=O)c2ccccc2S)CCN1c1ccc(C(C)(O)C(F)(F)F)cc1. The molecule has 212 valence electrons. The zero-order valence-corrected chi connectivity index (χ0v) is 23.8. The van der Waals surface area contributed by atoms with Gasteiger partial charge in [0.2, 0.25) is 20.0 Å². The minimum atomic E-state index is -4.88. The Bertz CT molecular complexity index is 1330. The van der Waals surface area contributed by atoms with E-state index in [0.29, 0.717) is 19.0 Å². The maximum absolute atomic E-state index is 13.4. The van der Waals surface area contributed by atoms with Gasteiger partial charge in [-0.25, -0.2) is 21.1 Å². The van der Waals surface area contributed by atoms with E-state index in [2.05, 4.69) is 12.6 Å². The summed E-state index contributed by atoms with van der Waals surface area (Å²) in [7, 11) is -6.13. The second-order valence-corrected chi connectivity index (χ2v) is 14.0. The highest BCUT2D eigenvalue weighted by Crippen LogP contribution is 2.39. The van der Waals surface area contributed by atoms with Gasteiger partial charge in [0.25, 0.3) is 0 Å². The molecule has 1 N–H and O–H groups in total. The molecule has 0 aromatic heterocycles. The van der Waals surface area contributed by atoms with Crippen molar-refractivity contribution in [3.63, 3.8) is 0 Å². The van der Waals surface area contributed by atoms with Crippen LogP contribution in [-0.4, -0.2) is 81.8 Å². The smallest absolute Gasteiger partial charge is 0.376 e. The fraction of sp³-hybridized carbons (Fsp3) is 0.500. The van der Waals surface area contributed by atoms with Gasteiger partial charge in [-0.3, -0.25) is 0 Å². The number of rotatable bonds is 9. The van der Waals surface area contributed by atoms with Crippen molar-refractivity contribution in [1.29, 1.82) is 0 Å². The molecule has 0 aliphatic carbocycles. The van der Waals surface area contributed by atoms with Gasteiger partial charge in [-0.05, 0) is 43.2 Å². The number of thiol groups is 1. The van der Waals surface area contributed by atoms with E-state index in [1.165, 1.54) is 33.9 Å². The molecule has 2 aromatic carbocycles. The van der Waals surface area contributed by atoms with Crippen LogP contribution in [0.5, 0.6) is 0 Å². The van der Waals surface area contributed by atoms with Gasteiger partial charge in [-0.15, -0.1) is 12.6 Å². The molecule has 38 heavy (non-hydrogen) atoms. The monoisotopic (exact) mass is 595 g/mol. The van der Waals surface area contributed by atoms with E-state index in [9.17, 15) is 35.1 Å². The van der Waals surface area contributed by atoms with Crippen molar-refractivity contribution in [2.24, 2.45) is 0 Å². The molecule has 0 bridgehead atoms. The van der Waals surface area contributed by atoms with Crippen LogP contribution in [0, 0.1) is 0 Å². The van der Waals surface area contributed by atoms with Gasteiger partial charge in [0, 0.05) is 43.8 Å². The van der Waals surface area contributed by atoms with E-state index in [0.717, 1.165) is 12.1 Å². The fourth-order valence-electron chi connectivity index (χ4n) is 4.32. The summed E-state index contributed by atoms with van der Waals surface area (Å²) < 4.78 is 94.5. The molecule has 1 aliphatic rings. The van der Waals surface area contributed by atoms with Gasteiger partial charge >= 0.3 is 6.18 Å². The molecule has 0 saturated carbocycles. The number of aliphatic hydroxyl groups is 1. The third kappa shape index (κ3) is 6.31. The predicted octanol–water partition coefficient (Wildman–Crippen LogP) is 3.30. The number of hydrogen-bond acceptors (Lipinski definition) is 7. The first-order valence-electron chi connectivity index (χ1n) is 11.9. The van der Waals surface area contributed by atoms with E-state index < -0.39 is 37.9 Å². The van der Waals surface area contributed by atoms with Crippen LogP contribution in [0.4, 0.5) is 18.9 Å². The molecule has 0 amide bonds. The zero-order chi connectivity index (χ0) is 28.5. The van der Waals surface area contributed by atoms with E-state index >= 15 is 0 Å². The summed E-state index contributed by atoms with van der Waals surface area (Å²) in [5.74, 6) is -0.0769. The highest BCUT2D eigenvalue weighted by molar-refractivity contribution is 7.90. The van der Waals surface area contributed by atoms with Gasteiger partial charge in [0.05, 0.1) is 16.7 Å². The Morgan fingerprint density at radius 1 is 1.05 bits per heavy atom. The number of anilines is 1. The fourth-order valence-corrected chi connectivity index (χ4v) is 7.61. The van der Waals surface area contributed by atoms with E-state index in [1.807, 2.05) is 0 Å². The van der Waals surface area contributed by atoms with Crippen LogP contribution in [-0.2, 0) is 25.6 Å². The number of halogens is 3. The normalized spacial score (nSPS) is 19.5. The maximum atomic E-state index is 13.4. The number of piperazine rings is 1. The summed E-state index contributed by atoms with van der Waals surface area (Å²) in [5, 5.41) is 10.00. The molecule has 1 heterocycles. The van der Waals surface area contributed by atoms with Crippen LogP contribution in [0.25, 0.3) is 0 Å². The van der Waals surface area contributed by atoms with Crippen molar-refractivity contribution in [2.45, 2.75) is 47.9 Å². The van der Waals surface area contributed by atoms with Crippen molar-refractivity contribution in [3.8, 4) is 0 Å². The van der Waals surface area contributed by atoms with Crippen molar-refractivity contribution in [3.05, 3.63) is 54.1 Å². The van der Waals surface area contributed by atoms with Gasteiger partial charge < -0.3 is 10.0 Å². The quantitative estimate of drug-likeness (QED) is 0.432. The van der Waals surface area contributed by atoms with Gasteiger partial charge in [-0.2, -0.15) is 17.5 Å². The Labute approximate surface area is 227 Å². The topological polar surface area (TPSA) is 98.2 Å². The number of nitrogens with zero attached hydrogens (tertiary/aromatic N) is 3. The second kappa shape index (κ2) is 11.3. The lowest BCUT2D eigenvalue weighted by molar-refractivity contribution is -0.258. The minimum Gasteiger partial charge on any atom is -0.376 e. The molecule has 2 aromatic rings. The van der Waals surface area contributed by atoms with Crippen molar-refractivity contribution in [2.75, 3.05) is 43.9 Å². The van der Waals surface area contributed by atoms with Crippen molar-refractivity contribution < 1.29 is 35.1 Å². The molecule has 1 saturated heterocycles. The number of hydrogen-bond donors (Lipinski definition) is 2. The molecule has 8 nitrogen and oxygen atoms in total. The van der Waals surface area contributed by atoms with Crippen LogP contribution >= 0.6 is 12.6 Å². The Kier molecular flexibility index (Phi) is 9.16. The summed E-state index contributed by atoms with van der Waals surface area (Å²) in [4.78, 5) is 2.09. The second-order valence-electron chi connectivity index (χ2n) is 9.39. The van der Waals surface area contributed by atoms with Crippen LogP contribution in [0.1, 0.15) is 25.8 Å². The molecule has 1 fully saturated rings. The lowest BCUT2D eigenvalue weighted by atomic mass is 9.95. The third-order valence-corrected chi connectivity index (χ3v) is 11.1. The molecular weight excluding hydrogens is 563 g/mol. The average Bonchev–Trinajstić information content (AvgIpc) is 2.83. The lowest BCUT2D eigenvalue weighted by Crippen LogP contribution is -2.58. The number of alkyl halides is 3. The molecule has 14 heteroatoms. The molecule has 2 atom stereocenters. The molecule has 3 rings (SSSR count). The van der Waals surface area contributed by atoms with E-state index in [-0.39, 0.29) is 47.3 Å². The first-order valence-corrected chi connectivity index (χ1v) is 15.4. The summed E-state index contributed by atoms with van der Waals surface area (Å²) in [6.07, 6.45) is -4.47. The minimum absolute atomic E-state index is 0.0289. The van der Waals surface area contributed by atoms with E-state index in [4.69, 9.17) is 0 Å². The predicted molar refractivity (Wildman–Crippen MR) is 142 cm³/mol. The Balaban J connectivity index is 1.95. The first kappa shape index (κ1) is 30.7. The number of sulfonamides is 2. The first-order chi connectivity index (χ1) is 17.5. The molecule has 0 radical (unpaired) electrons. The largest absolute Gasteiger partial charge is 0.421 e. The highest BCUT2D eigenvalue weighted by atomic mass is 32.2. The Morgan fingerprint density at radius 2 is 1.66 bits per heavy atom. The maximum Gasteiger partial charge on any atom is 0.421 e. The lowest BCUT2D eigenvalue weighted by Gasteiger charge is -2.43. The Hall–Kier alpha value is -1.84. The standard InChI is InChI=1S/C24H32F3N3O5S3/c1-4-15-37(32,33)28(3)16-20-17-29(38(34,35)22-8-6-5-7-21(22)36)13-14-30(20)19-11-9-18(10-12-19)23(2,31)24(25,26)27/h5-12,20,31,36H,4,13-17H2,1-3H3/t20-,23?/m0/s1. The number of likely N-dealkylation sites (N-methyl/N-ethyl adjacent to an activating group) is 1. The zero-order valence-electron chi connectivity index (χ0n) is 21.3. The van der Waals surface area contributed by atoms with Crippen LogP contribution in [0.3, 0.4) is 0 Å².